The number of nitrogens with one attached hydrogen (secondary N) is 1. The van der Waals surface area contributed by atoms with Gasteiger partial charge in [-0.3, -0.25) is 4.79 Å². The molecule has 2 aromatic rings. The summed E-state index contributed by atoms with van der Waals surface area (Å²) in [5.41, 5.74) is 0.720. The highest BCUT2D eigenvalue weighted by Crippen LogP contribution is 2.10. The van der Waals surface area contributed by atoms with Gasteiger partial charge in [0.05, 0.1) is 11.9 Å². The second-order valence-electron chi connectivity index (χ2n) is 4.36. The minimum Gasteiger partial charge on any atom is -0.325 e. The van der Waals surface area contributed by atoms with Crippen LogP contribution in [0.4, 0.5) is 5.69 Å². The summed E-state index contributed by atoms with van der Waals surface area (Å²) in [6.07, 6.45) is 8.87. The number of rotatable bonds is 6. The lowest BCUT2D eigenvalue weighted by Gasteiger charge is -2.05. The van der Waals surface area contributed by atoms with Crippen LogP contribution >= 0.6 is 0 Å². The Bertz CT molecular complexity index is 505. The molecule has 2 heterocycles. The summed E-state index contributed by atoms with van der Waals surface area (Å²) in [5.74, 6) is 0.774. The molecular weight excluding hydrogens is 240 g/mol. The monoisotopic (exact) mass is 258 g/mol. The average molecular weight is 258 g/mol. The van der Waals surface area contributed by atoms with Crippen LogP contribution in [0.15, 0.2) is 36.8 Å². The molecule has 1 N–H and O–H groups in total. The molecule has 2 rings (SSSR count). The van der Waals surface area contributed by atoms with Crippen LogP contribution in [0.3, 0.4) is 0 Å². The third-order valence-electron chi connectivity index (χ3n) is 2.78. The molecule has 0 unspecified atom stereocenters. The van der Waals surface area contributed by atoms with Crippen molar-refractivity contribution in [2.24, 2.45) is 0 Å². The van der Waals surface area contributed by atoms with E-state index in [1.165, 1.54) is 0 Å². The Kier molecular flexibility index (Phi) is 4.66. The molecule has 0 aliphatic carbocycles. The van der Waals surface area contributed by atoms with Gasteiger partial charge in [0, 0.05) is 18.8 Å². The third kappa shape index (κ3) is 3.91. The Morgan fingerprint density at radius 3 is 2.89 bits per heavy atom. The van der Waals surface area contributed by atoms with Crippen molar-refractivity contribution in [3.8, 4) is 5.82 Å². The number of amides is 1. The van der Waals surface area contributed by atoms with E-state index in [4.69, 9.17) is 0 Å². The first-order chi connectivity index (χ1) is 9.29. The fraction of sp³-hybridized carbons (Fsp3) is 0.357. The Hall–Kier alpha value is -2.17. The molecule has 5 heteroatoms. The smallest absolute Gasteiger partial charge is 0.224 e. The van der Waals surface area contributed by atoms with Crippen LogP contribution in [0.1, 0.15) is 32.6 Å². The van der Waals surface area contributed by atoms with E-state index in [1.807, 2.05) is 24.4 Å². The fourth-order valence-electron chi connectivity index (χ4n) is 1.76. The molecule has 100 valence electrons. The van der Waals surface area contributed by atoms with E-state index in [0.29, 0.717) is 6.42 Å². The van der Waals surface area contributed by atoms with Crippen molar-refractivity contribution in [2.75, 3.05) is 5.32 Å². The number of hydrogen-bond acceptors (Lipinski definition) is 3. The zero-order valence-electron chi connectivity index (χ0n) is 11.0. The van der Waals surface area contributed by atoms with Gasteiger partial charge in [0.1, 0.15) is 0 Å². The molecule has 19 heavy (non-hydrogen) atoms. The van der Waals surface area contributed by atoms with Crippen LogP contribution in [-0.2, 0) is 4.79 Å². The van der Waals surface area contributed by atoms with Gasteiger partial charge in [-0.2, -0.15) is 5.10 Å². The Morgan fingerprint density at radius 2 is 2.26 bits per heavy atom. The molecular formula is C14H18N4O. The number of anilines is 1. The minimum absolute atomic E-state index is 0.0436. The van der Waals surface area contributed by atoms with Crippen molar-refractivity contribution in [3.05, 3.63) is 36.8 Å². The largest absolute Gasteiger partial charge is 0.325 e. The first-order valence-electron chi connectivity index (χ1n) is 6.55. The van der Waals surface area contributed by atoms with Crippen molar-refractivity contribution >= 4 is 11.6 Å². The number of unbranched alkanes of at least 4 members (excludes halogenated alkanes) is 2. The highest BCUT2D eigenvalue weighted by atomic mass is 16.1. The molecule has 0 aliphatic heterocycles. The minimum atomic E-state index is 0.0436. The quantitative estimate of drug-likeness (QED) is 0.810. The first kappa shape index (κ1) is 13.3. The van der Waals surface area contributed by atoms with E-state index in [2.05, 4.69) is 22.3 Å². The zero-order valence-corrected chi connectivity index (χ0v) is 11.0. The molecule has 0 fully saturated rings. The van der Waals surface area contributed by atoms with Gasteiger partial charge in [0.15, 0.2) is 5.82 Å². The lowest BCUT2D eigenvalue weighted by Crippen LogP contribution is -2.11. The summed E-state index contributed by atoms with van der Waals surface area (Å²) >= 11 is 0. The fourth-order valence-corrected chi connectivity index (χ4v) is 1.76. The van der Waals surface area contributed by atoms with E-state index >= 15 is 0 Å². The van der Waals surface area contributed by atoms with Gasteiger partial charge >= 0.3 is 0 Å². The number of aromatic nitrogens is 3. The van der Waals surface area contributed by atoms with E-state index in [9.17, 15) is 4.79 Å². The van der Waals surface area contributed by atoms with Crippen LogP contribution in [0.2, 0.25) is 0 Å². The average Bonchev–Trinajstić information content (AvgIpc) is 2.94. The first-order valence-corrected chi connectivity index (χ1v) is 6.55. The molecule has 0 saturated heterocycles. The summed E-state index contributed by atoms with van der Waals surface area (Å²) in [6.45, 7) is 2.12. The summed E-state index contributed by atoms with van der Waals surface area (Å²) in [7, 11) is 0. The number of nitrogens with zero attached hydrogens (tertiary/aromatic N) is 3. The predicted octanol–water partition coefficient (Wildman–Crippen LogP) is 2.79. The summed E-state index contributed by atoms with van der Waals surface area (Å²) in [5, 5.41) is 6.94. The number of carbonyl (C=O) groups excluding carboxylic acids is 1. The van der Waals surface area contributed by atoms with Crippen LogP contribution in [0, 0.1) is 0 Å². The molecule has 1 amide bonds. The standard InChI is InChI=1S/C14H18N4O/c1-2-3-4-6-14(19)17-12-7-8-13(15-11-12)18-10-5-9-16-18/h5,7-11H,2-4,6H2,1H3,(H,17,19). The number of hydrogen-bond donors (Lipinski definition) is 1. The maximum Gasteiger partial charge on any atom is 0.224 e. The second-order valence-corrected chi connectivity index (χ2v) is 4.36. The summed E-state index contributed by atoms with van der Waals surface area (Å²) in [6, 6.07) is 5.50. The van der Waals surface area contributed by atoms with Crippen LogP contribution in [-0.4, -0.2) is 20.7 Å². The summed E-state index contributed by atoms with van der Waals surface area (Å²) in [4.78, 5) is 15.9. The topological polar surface area (TPSA) is 59.8 Å². The van der Waals surface area contributed by atoms with Gasteiger partial charge in [0.25, 0.3) is 0 Å². The van der Waals surface area contributed by atoms with Crippen molar-refractivity contribution in [3.63, 3.8) is 0 Å². The van der Waals surface area contributed by atoms with Crippen LogP contribution in [0.25, 0.3) is 5.82 Å². The number of pyridine rings is 1. The molecule has 5 nitrogen and oxygen atoms in total. The van der Waals surface area contributed by atoms with Gasteiger partial charge in [-0.25, -0.2) is 9.67 Å². The SMILES string of the molecule is CCCCCC(=O)Nc1ccc(-n2cccn2)nc1. The molecule has 0 bridgehead atoms. The third-order valence-corrected chi connectivity index (χ3v) is 2.78. The Labute approximate surface area is 112 Å². The van der Waals surface area contributed by atoms with Crippen LogP contribution in [0.5, 0.6) is 0 Å². The van der Waals surface area contributed by atoms with E-state index in [0.717, 1.165) is 30.8 Å². The van der Waals surface area contributed by atoms with E-state index in [-0.39, 0.29) is 5.91 Å². The Morgan fingerprint density at radius 1 is 1.37 bits per heavy atom. The molecule has 0 atom stereocenters. The highest BCUT2D eigenvalue weighted by Gasteiger charge is 2.03. The van der Waals surface area contributed by atoms with Crippen LogP contribution < -0.4 is 5.32 Å². The van der Waals surface area contributed by atoms with Crippen molar-refractivity contribution in [2.45, 2.75) is 32.6 Å². The van der Waals surface area contributed by atoms with Gasteiger partial charge in [-0.1, -0.05) is 19.8 Å². The molecule has 0 aliphatic rings. The maximum atomic E-state index is 11.6. The molecule has 0 aromatic carbocycles. The second kappa shape index (κ2) is 6.68. The van der Waals surface area contributed by atoms with Gasteiger partial charge in [0.2, 0.25) is 5.91 Å². The van der Waals surface area contributed by atoms with Gasteiger partial charge < -0.3 is 5.32 Å². The normalized spacial score (nSPS) is 10.4. The predicted molar refractivity (Wildman–Crippen MR) is 74.1 cm³/mol. The van der Waals surface area contributed by atoms with Gasteiger partial charge in [-0.05, 0) is 24.6 Å². The molecule has 0 saturated carbocycles. The molecule has 0 spiro atoms. The molecule has 0 radical (unpaired) electrons. The maximum absolute atomic E-state index is 11.6. The zero-order chi connectivity index (χ0) is 13.5. The van der Waals surface area contributed by atoms with Crippen molar-refractivity contribution in [1.82, 2.24) is 14.8 Å². The Balaban J connectivity index is 1.90. The van der Waals surface area contributed by atoms with Crippen molar-refractivity contribution < 1.29 is 4.79 Å². The van der Waals surface area contributed by atoms with E-state index in [1.54, 1.807) is 17.1 Å². The lowest BCUT2D eigenvalue weighted by molar-refractivity contribution is -0.116. The molecule has 2 aromatic heterocycles. The van der Waals surface area contributed by atoms with Crippen molar-refractivity contribution in [1.29, 1.82) is 0 Å². The highest BCUT2D eigenvalue weighted by molar-refractivity contribution is 5.90. The van der Waals surface area contributed by atoms with E-state index < -0.39 is 0 Å². The number of carbonyl (C=O) groups is 1. The summed E-state index contributed by atoms with van der Waals surface area (Å²) < 4.78 is 1.67. The van der Waals surface area contributed by atoms with Gasteiger partial charge in [-0.15, -0.1) is 0 Å². The lowest BCUT2D eigenvalue weighted by atomic mass is 10.2.